The van der Waals surface area contributed by atoms with E-state index < -0.39 is 0 Å². The van der Waals surface area contributed by atoms with Gasteiger partial charge in [-0.1, -0.05) is 26.7 Å². The molecule has 0 heterocycles. The van der Waals surface area contributed by atoms with Crippen LogP contribution in [0.25, 0.3) is 0 Å². The van der Waals surface area contributed by atoms with Gasteiger partial charge in [-0.15, -0.1) is 0 Å². The molecule has 0 bridgehead atoms. The van der Waals surface area contributed by atoms with Gasteiger partial charge in [0.25, 0.3) is 0 Å². The maximum absolute atomic E-state index is 9.04. The molecule has 0 spiro atoms. The second-order valence-electron chi connectivity index (χ2n) is 4.15. The molecule has 10 heavy (non-hydrogen) atoms. The Morgan fingerprint density at radius 2 is 1.90 bits per heavy atom. The van der Waals surface area contributed by atoms with Crippen LogP contribution in [-0.2, 0) is 0 Å². The molecule has 0 radical (unpaired) electrons. The largest absolute Gasteiger partial charge is 0.396 e. The Kier molecular flexibility index (Phi) is 2.35. The number of rotatable bonds is 1. The molecule has 0 aliphatic heterocycles. The Labute approximate surface area is 63.4 Å². The quantitative estimate of drug-likeness (QED) is 0.595. The van der Waals surface area contributed by atoms with Crippen LogP contribution in [0, 0.1) is 11.3 Å². The van der Waals surface area contributed by atoms with Crippen LogP contribution in [0.1, 0.15) is 39.5 Å². The second kappa shape index (κ2) is 2.91. The van der Waals surface area contributed by atoms with Crippen LogP contribution in [0.4, 0.5) is 0 Å². The average Bonchev–Trinajstić information content (AvgIpc) is 1.96. The van der Waals surface area contributed by atoms with Gasteiger partial charge >= 0.3 is 0 Å². The zero-order valence-electron chi connectivity index (χ0n) is 7.06. The van der Waals surface area contributed by atoms with Crippen molar-refractivity contribution in [3.63, 3.8) is 0 Å². The molecule has 1 aliphatic rings. The van der Waals surface area contributed by atoms with Crippen molar-refractivity contribution in [1.82, 2.24) is 0 Å². The minimum atomic E-state index is 0.256. The summed E-state index contributed by atoms with van der Waals surface area (Å²) in [5.41, 5.74) is 0.256. The van der Waals surface area contributed by atoms with Crippen molar-refractivity contribution in [3.8, 4) is 0 Å². The zero-order valence-corrected chi connectivity index (χ0v) is 7.06. The zero-order chi connectivity index (χ0) is 7.61. The van der Waals surface area contributed by atoms with Crippen molar-refractivity contribution >= 4 is 0 Å². The van der Waals surface area contributed by atoms with Gasteiger partial charge < -0.3 is 5.11 Å². The lowest BCUT2D eigenvalue weighted by molar-refractivity contribution is 0.0846. The van der Waals surface area contributed by atoms with Crippen molar-refractivity contribution in [2.75, 3.05) is 6.61 Å². The molecule has 0 saturated heterocycles. The maximum Gasteiger partial charge on any atom is 0.0484 e. The first-order chi connectivity index (χ1) is 4.66. The van der Waals surface area contributed by atoms with E-state index in [2.05, 4.69) is 13.8 Å². The molecular formula is C9H18O. The molecule has 1 heteroatoms. The van der Waals surface area contributed by atoms with E-state index in [0.717, 1.165) is 5.92 Å². The number of hydrogen-bond acceptors (Lipinski definition) is 1. The second-order valence-corrected chi connectivity index (χ2v) is 4.15. The smallest absolute Gasteiger partial charge is 0.0484 e. The molecule has 1 nitrogen and oxygen atoms in total. The molecule has 0 aromatic carbocycles. The molecule has 1 saturated carbocycles. The fraction of sp³-hybridized carbons (Fsp3) is 1.00. The summed E-state index contributed by atoms with van der Waals surface area (Å²) in [5, 5.41) is 9.04. The van der Waals surface area contributed by atoms with Crippen LogP contribution in [0.15, 0.2) is 0 Å². The molecule has 0 amide bonds. The van der Waals surface area contributed by atoms with Crippen molar-refractivity contribution in [2.24, 2.45) is 11.3 Å². The molecule has 1 aliphatic carbocycles. The normalized spacial score (nSPS) is 41.7. The monoisotopic (exact) mass is 142 g/mol. The molecule has 60 valence electrons. The summed E-state index contributed by atoms with van der Waals surface area (Å²) in [7, 11) is 0. The van der Waals surface area contributed by atoms with Crippen LogP contribution < -0.4 is 0 Å². The Hall–Kier alpha value is -0.0400. The molecular weight excluding hydrogens is 124 g/mol. The Bertz CT molecular complexity index is 101. The Morgan fingerprint density at radius 1 is 1.40 bits per heavy atom. The van der Waals surface area contributed by atoms with Crippen molar-refractivity contribution in [2.45, 2.75) is 39.5 Å². The SMILES string of the molecule is CC1CCC(C)(CO)CC1. The fourth-order valence-corrected chi connectivity index (χ4v) is 1.62. The third-order valence-electron chi connectivity index (χ3n) is 2.86. The molecule has 0 unspecified atom stereocenters. The van der Waals surface area contributed by atoms with Gasteiger partial charge in [-0.2, -0.15) is 0 Å². The van der Waals surface area contributed by atoms with Crippen molar-refractivity contribution in [3.05, 3.63) is 0 Å². The van der Waals surface area contributed by atoms with E-state index in [1.807, 2.05) is 0 Å². The third-order valence-corrected chi connectivity index (χ3v) is 2.86. The minimum absolute atomic E-state index is 0.256. The van der Waals surface area contributed by atoms with Gasteiger partial charge in [0, 0.05) is 6.61 Å². The lowest BCUT2D eigenvalue weighted by atomic mass is 9.73. The van der Waals surface area contributed by atoms with Gasteiger partial charge in [-0.05, 0) is 24.2 Å². The first-order valence-electron chi connectivity index (χ1n) is 4.27. The lowest BCUT2D eigenvalue weighted by Crippen LogP contribution is -2.26. The van der Waals surface area contributed by atoms with Crippen molar-refractivity contribution in [1.29, 1.82) is 0 Å². The highest BCUT2D eigenvalue weighted by molar-refractivity contribution is 4.79. The summed E-state index contributed by atoms with van der Waals surface area (Å²) < 4.78 is 0. The van der Waals surface area contributed by atoms with Gasteiger partial charge in [-0.25, -0.2) is 0 Å². The molecule has 1 N–H and O–H groups in total. The van der Waals surface area contributed by atoms with Crippen LogP contribution in [-0.4, -0.2) is 11.7 Å². The molecule has 0 atom stereocenters. The van der Waals surface area contributed by atoms with E-state index in [0.29, 0.717) is 6.61 Å². The highest BCUT2D eigenvalue weighted by atomic mass is 16.3. The first-order valence-corrected chi connectivity index (χ1v) is 4.27. The number of aliphatic hydroxyl groups excluding tert-OH is 1. The summed E-state index contributed by atoms with van der Waals surface area (Å²) in [5.74, 6) is 0.889. The van der Waals surface area contributed by atoms with Gasteiger partial charge in [0.1, 0.15) is 0 Å². The first kappa shape index (κ1) is 8.06. The third kappa shape index (κ3) is 1.72. The molecule has 1 rings (SSSR count). The fourth-order valence-electron chi connectivity index (χ4n) is 1.62. The Morgan fingerprint density at radius 3 is 2.30 bits per heavy atom. The highest BCUT2D eigenvalue weighted by Crippen LogP contribution is 2.37. The van der Waals surface area contributed by atoms with Gasteiger partial charge in [0.2, 0.25) is 0 Å². The summed E-state index contributed by atoms with van der Waals surface area (Å²) in [6, 6.07) is 0. The lowest BCUT2D eigenvalue weighted by Gasteiger charge is -2.34. The summed E-state index contributed by atoms with van der Waals surface area (Å²) in [6.45, 7) is 4.87. The summed E-state index contributed by atoms with van der Waals surface area (Å²) >= 11 is 0. The Balaban J connectivity index is 2.38. The van der Waals surface area contributed by atoms with Crippen LogP contribution in [0.5, 0.6) is 0 Å². The van der Waals surface area contributed by atoms with Crippen LogP contribution >= 0.6 is 0 Å². The predicted octanol–water partition coefficient (Wildman–Crippen LogP) is 2.20. The predicted molar refractivity (Wildman–Crippen MR) is 42.8 cm³/mol. The summed E-state index contributed by atoms with van der Waals surface area (Å²) in [6.07, 6.45) is 5.03. The van der Waals surface area contributed by atoms with E-state index in [4.69, 9.17) is 5.11 Å². The standard InChI is InChI=1S/C9H18O/c1-8-3-5-9(2,7-10)6-4-8/h8,10H,3-7H2,1-2H3. The molecule has 0 aromatic rings. The minimum Gasteiger partial charge on any atom is -0.396 e. The highest BCUT2D eigenvalue weighted by Gasteiger charge is 2.28. The molecule has 1 fully saturated rings. The van der Waals surface area contributed by atoms with E-state index in [-0.39, 0.29) is 5.41 Å². The van der Waals surface area contributed by atoms with E-state index >= 15 is 0 Å². The van der Waals surface area contributed by atoms with Gasteiger partial charge in [-0.3, -0.25) is 0 Å². The topological polar surface area (TPSA) is 20.2 Å². The number of aliphatic hydroxyl groups is 1. The van der Waals surface area contributed by atoms with E-state index in [9.17, 15) is 0 Å². The van der Waals surface area contributed by atoms with Gasteiger partial charge in [0.05, 0.1) is 0 Å². The van der Waals surface area contributed by atoms with Crippen molar-refractivity contribution < 1.29 is 5.11 Å². The average molecular weight is 142 g/mol. The number of hydrogen-bond donors (Lipinski definition) is 1. The maximum atomic E-state index is 9.04. The molecule has 0 aromatic heterocycles. The van der Waals surface area contributed by atoms with Gasteiger partial charge in [0.15, 0.2) is 0 Å². The van der Waals surface area contributed by atoms with E-state index in [1.54, 1.807) is 0 Å². The van der Waals surface area contributed by atoms with Crippen LogP contribution in [0.3, 0.4) is 0 Å². The van der Waals surface area contributed by atoms with E-state index in [1.165, 1.54) is 25.7 Å². The summed E-state index contributed by atoms with van der Waals surface area (Å²) in [4.78, 5) is 0. The van der Waals surface area contributed by atoms with Crippen LogP contribution in [0.2, 0.25) is 0 Å².